The molecule has 6 heteroatoms. The van der Waals surface area contributed by atoms with E-state index in [1.165, 1.54) is 18.4 Å². The lowest BCUT2D eigenvalue weighted by Gasteiger charge is -2.40. The summed E-state index contributed by atoms with van der Waals surface area (Å²) in [6.07, 6.45) is 3.56. The normalized spacial score (nSPS) is 16.5. The highest BCUT2D eigenvalue weighted by Crippen LogP contribution is 2.43. The van der Waals surface area contributed by atoms with Crippen LogP contribution in [0, 0.1) is 5.41 Å². The molecule has 3 N–H and O–H groups in total. The second-order valence-electron chi connectivity index (χ2n) is 4.94. The second kappa shape index (κ2) is 5.71. The van der Waals surface area contributed by atoms with Crippen LogP contribution in [0.3, 0.4) is 0 Å². The second-order valence-corrected chi connectivity index (χ2v) is 5.85. The molecular formula is C13H18N2O3S. The maximum Gasteiger partial charge on any atom is 0.350 e. The molecule has 1 fully saturated rings. The number of ether oxygens (including phenoxy) is 1. The van der Waals surface area contributed by atoms with Crippen LogP contribution in [0.25, 0.3) is 0 Å². The Kier molecular flexibility index (Phi) is 4.21. The molecule has 1 aliphatic carbocycles. The molecule has 19 heavy (non-hydrogen) atoms. The zero-order chi connectivity index (χ0) is 13.9. The molecule has 1 aliphatic rings. The summed E-state index contributed by atoms with van der Waals surface area (Å²) in [5.41, 5.74) is 6.22. The first-order valence-corrected chi connectivity index (χ1v) is 7.14. The van der Waals surface area contributed by atoms with Crippen molar-refractivity contribution in [1.82, 2.24) is 0 Å². The van der Waals surface area contributed by atoms with Crippen LogP contribution in [0.15, 0.2) is 11.4 Å². The summed E-state index contributed by atoms with van der Waals surface area (Å²) >= 11 is 1.25. The third kappa shape index (κ3) is 2.96. The molecule has 1 aromatic rings. The average Bonchev–Trinajstić information content (AvgIpc) is 2.81. The number of hydrogen-bond acceptors (Lipinski definition) is 5. The zero-order valence-corrected chi connectivity index (χ0v) is 11.7. The zero-order valence-electron chi connectivity index (χ0n) is 10.9. The Hall–Kier alpha value is -1.40. The van der Waals surface area contributed by atoms with Gasteiger partial charge in [0.25, 0.3) is 0 Å². The fraction of sp³-hybridized carbons (Fsp3) is 0.538. The van der Waals surface area contributed by atoms with Gasteiger partial charge in [0.2, 0.25) is 5.91 Å². The van der Waals surface area contributed by atoms with E-state index in [1.54, 1.807) is 11.4 Å². The van der Waals surface area contributed by atoms with Crippen LogP contribution >= 0.6 is 11.3 Å². The summed E-state index contributed by atoms with van der Waals surface area (Å²) in [5.74, 6) is -0.517. The molecule has 0 bridgehead atoms. The summed E-state index contributed by atoms with van der Waals surface area (Å²) in [6, 6.07) is 1.71. The van der Waals surface area contributed by atoms with Gasteiger partial charge in [-0.15, -0.1) is 11.3 Å². The van der Waals surface area contributed by atoms with E-state index in [0.29, 0.717) is 23.5 Å². The van der Waals surface area contributed by atoms with Crippen LogP contribution in [0.1, 0.15) is 35.4 Å². The number of hydrogen-bond donors (Lipinski definition) is 2. The maximum absolute atomic E-state index is 12.0. The van der Waals surface area contributed by atoms with Gasteiger partial charge >= 0.3 is 5.97 Å². The number of anilines is 1. The van der Waals surface area contributed by atoms with Gasteiger partial charge in [0.15, 0.2) is 0 Å². The number of carbonyl (C=O) groups excluding carboxylic acids is 2. The van der Waals surface area contributed by atoms with E-state index in [2.05, 4.69) is 10.1 Å². The van der Waals surface area contributed by atoms with Crippen molar-refractivity contribution in [3.05, 3.63) is 16.3 Å². The van der Waals surface area contributed by atoms with E-state index in [1.807, 2.05) is 0 Å². The quantitative estimate of drug-likeness (QED) is 0.809. The molecule has 0 radical (unpaired) electrons. The molecule has 1 heterocycles. The molecule has 0 atom stereocenters. The number of thiophene rings is 1. The Morgan fingerprint density at radius 3 is 2.79 bits per heavy atom. The Morgan fingerprint density at radius 2 is 2.26 bits per heavy atom. The lowest BCUT2D eigenvalue weighted by Crippen LogP contribution is -2.40. The molecular weight excluding hydrogens is 264 g/mol. The minimum Gasteiger partial charge on any atom is -0.465 e. The SMILES string of the molecule is COC(=O)c1sccc1NC(=O)CC1(CN)CCC1. The first kappa shape index (κ1) is 14.0. The van der Waals surface area contributed by atoms with Gasteiger partial charge < -0.3 is 15.8 Å². The summed E-state index contributed by atoms with van der Waals surface area (Å²) < 4.78 is 4.67. The van der Waals surface area contributed by atoms with Gasteiger partial charge in [0.1, 0.15) is 4.88 Å². The van der Waals surface area contributed by atoms with Crippen molar-refractivity contribution in [2.75, 3.05) is 19.0 Å². The Morgan fingerprint density at radius 1 is 1.53 bits per heavy atom. The van der Waals surface area contributed by atoms with Gasteiger partial charge in [-0.25, -0.2) is 4.79 Å². The van der Waals surface area contributed by atoms with E-state index < -0.39 is 5.97 Å². The summed E-state index contributed by atoms with van der Waals surface area (Å²) in [5, 5.41) is 4.53. The van der Waals surface area contributed by atoms with Crippen LogP contribution in [0.2, 0.25) is 0 Å². The Bertz CT molecular complexity index is 474. The predicted molar refractivity (Wildman–Crippen MR) is 74.2 cm³/mol. The highest BCUT2D eigenvalue weighted by atomic mass is 32.1. The molecule has 0 aliphatic heterocycles. The summed E-state index contributed by atoms with van der Waals surface area (Å²) in [4.78, 5) is 24.0. The molecule has 1 saturated carbocycles. The molecule has 0 saturated heterocycles. The minimum absolute atomic E-state index is 0.0362. The van der Waals surface area contributed by atoms with Gasteiger partial charge in [0.05, 0.1) is 12.8 Å². The molecule has 0 unspecified atom stereocenters. The maximum atomic E-state index is 12.0. The Balaban J connectivity index is 1.99. The van der Waals surface area contributed by atoms with Crippen molar-refractivity contribution < 1.29 is 14.3 Å². The van der Waals surface area contributed by atoms with Gasteiger partial charge in [0, 0.05) is 6.42 Å². The van der Waals surface area contributed by atoms with Crippen molar-refractivity contribution in [1.29, 1.82) is 0 Å². The predicted octanol–water partition coefficient (Wildman–Crippen LogP) is 1.99. The molecule has 1 aromatic heterocycles. The highest BCUT2D eigenvalue weighted by Gasteiger charge is 2.37. The van der Waals surface area contributed by atoms with E-state index in [9.17, 15) is 9.59 Å². The summed E-state index contributed by atoms with van der Waals surface area (Å²) in [7, 11) is 1.32. The average molecular weight is 282 g/mol. The fourth-order valence-electron chi connectivity index (χ4n) is 2.32. The largest absolute Gasteiger partial charge is 0.465 e. The van der Waals surface area contributed by atoms with E-state index in [0.717, 1.165) is 19.3 Å². The number of rotatable bonds is 5. The van der Waals surface area contributed by atoms with Crippen LogP contribution in [-0.2, 0) is 9.53 Å². The number of carbonyl (C=O) groups is 2. The Labute approximate surface area is 116 Å². The number of nitrogens with two attached hydrogens (primary N) is 1. The van der Waals surface area contributed by atoms with E-state index in [-0.39, 0.29) is 11.3 Å². The van der Waals surface area contributed by atoms with Crippen LogP contribution in [0.4, 0.5) is 5.69 Å². The third-order valence-electron chi connectivity index (χ3n) is 3.69. The molecule has 104 valence electrons. The fourth-order valence-corrected chi connectivity index (χ4v) is 3.09. The van der Waals surface area contributed by atoms with Crippen molar-refractivity contribution >= 4 is 28.9 Å². The number of nitrogens with one attached hydrogen (secondary N) is 1. The van der Waals surface area contributed by atoms with Crippen molar-refractivity contribution in [2.45, 2.75) is 25.7 Å². The van der Waals surface area contributed by atoms with Crippen molar-refractivity contribution in [2.24, 2.45) is 11.1 Å². The monoisotopic (exact) mass is 282 g/mol. The van der Waals surface area contributed by atoms with Crippen LogP contribution in [-0.4, -0.2) is 25.5 Å². The molecule has 0 spiro atoms. The van der Waals surface area contributed by atoms with Gasteiger partial charge in [-0.05, 0) is 36.2 Å². The molecule has 0 aromatic carbocycles. The number of amides is 1. The van der Waals surface area contributed by atoms with E-state index in [4.69, 9.17) is 5.73 Å². The molecule has 5 nitrogen and oxygen atoms in total. The van der Waals surface area contributed by atoms with Crippen molar-refractivity contribution in [3.8, 4) is 0 Å². The van der Waals surface area contributed by atoms with Gasteiger partial charge in [-0.2, -0.15) is 0 Å². The highest BCUT2D eigenvalue weighted by molar-refractivity contribution is 7.12. The first-order valence-electron chi connectivity index (χ1n) is 6.26. The summed E-state index contributed by atoms with van der Waals surface area (Å²) in [6.45, 7) is 0.536. The van der Waals surface area contributed by atoms with Gasteiger partial charge in [-0.3, -0.25) is 4.79 Å². The van der Waals surface area contributed by atoms with Crippen LogP contribution in [0.5, 0.6) is 0 Å². The van der Waals surface area contributed by atoms with Crippen LogP contribution < -0.4 is 11.1 Å². The molecule has 1 amide bonds. The lowest BCUT2D eigenvalue weighted by molar-refractivity contribution is -0.119. The minimum atomic E-state index is -0.428. The topological polar surface area (TPSA) is 81.4 Å². The molecule has 2 rings (SSSR count). The lowest BCUT2D eigenvalue weighted by atomic mass is 9.66. The van der Waals surface area contributed by atoms with Gasteiger partial charge in [-0.1, -0.05) is 6.42 Å². The number of esters is 1. The smallest absolute Gasteiger partial charge is 0.350 e. The first-order chi connectivity index (χ1) is 9.10. The standard InChI is InChI=1S/C13H18N2O3S/c1-18-12(17)11-9(3-6-19-11)15-10(16)7-13(8-14)4-2-5-13/h3,6H,2,4-5,7-8,14H2,1H3,(H,15,16). The van der Waals surface area contributed by atoms with E-state index >= 15 is 0 Å². The van der Waals surface area contributed by atoms with Crippen molar-refractivity contribution in [3.63, 3.8) is 0 Å². The third-order valence-corrected chi connectivity index (χ3v) is 4.59. The number of methoxy groups -OCH3 is 1.